The maximum absolute atomic E-state index is 13.0. The summed E-state index contributed by atoms with van der Waals surface area (Å²) in [6.45, 7) is 1.93. The summed E-state index contributed by atoms with van der Waals surface area (Å²) >= 11 is 6.07. The third kappa shape index (κ3) is 5.30. The van der Waals surface area contributed by atoms with Crippen molar-refractivity contribution < 1.29 is 13.2 Å². The zero-order valence-corrected chi connectivity index (χ0v) is 19.9. The van der Waals surface area contributed by atoms with Crippen molar-refractivity contribution in [3.05, 3.63) is 101 Å². The molecule has 3 N–H and O–H groups in total. The van der Waals surface area contributed by atoms with Gasteiger partial charge in [-0.2, -0.15) is 0 Å². The molecular weight excluding hydrogens is 472 g/mol. The third-order valence-electron chi connectivity index (χ3n) is 5.25. The van der Waals surface area contributed by atoms with Gasteiger partial charge in [0.05, 0.1) is 33.5 Å². The molecule has 0 fully saturated rings. The lowest BCUT2D eigenvalue weighted by molar-refractivity contribution is 0.0933. The van der Waals surface area contributed by atoms with Crippen LogP contribution in [0.3, 0.4) is 0 Å². The molecule has 0 saturated heterocycles. The molecule has 3 aromatic carbocycles. The maximum atomic E-state index is 13.0. The van der Waals surface area contributed by atoms with Crippen LogP contribution in [-0.2, 0) is 10.0 Å². The lowest BCUT2D eigenvalue weighted by Crippen LogP contribution is -2.29. The van der Waals surface area contributed by atoms with Crippen molar-refractivity contribution in [2.45, 2.75) is 24.3 Å². The number of imidazole rings is 1. The first-order chi connectivity index (χ1) is 16.4. The standard InChI is InChI=1S/C25H23ClN4O3S/c1-2-21(24-27-16-23(28-24)17-9-4-3-5-10-17)29-25(31)18-11-8-12-19(15-18)34(32,33)30-22-14-7-6-13-20(22)26/h3-16,21,30H,2H2,1H3,(H,27,28)(H,29,31). The highest BCUT2D eigenvalue weighted by Gasteiger charge is 2.20. The highest BCUT2D eigenvalue weighted by molar-refractivity contribution is 7.92. The van der Waals surface area contributed by atoms with Gasteiger partial charge in [0.1, 0.15) is 5.82 Å². The molecule has 9 heteroatoms. The van der Waals surface area contributed by atoms with Crippen molar-refractivity contribution in [1.82, 2.24) is 15.3 Å². The highest BCUT2D eigenvalue weighted by Crippen LogP contribution is 2.25. The molecule has 0 radical (unpaired) electrons. The average molecular weight is 495 g/mol. The van der Waals surface area contributed by atoms with Crippen molar-refractivity contribution >= 4 is 33.2 Å². The topological polar surface area (TPSA) is 104 Å². The van der Waals surface area contributed by atoms with Crippen molar-refractivity contribution in [3.8, 4) is 11.3 Å². The van der Waals surface area contributed by atoms with E-state index in [-0.39, 0.29) is 27.2 Å². The summed E-state index contributed by atoms with van der Waals surface area (Å²) < 4.78 is 28.2. The van der Waals surface area contributed by atoms with Gasteiger partial charge < -0.3 is 10.3 Å². The Balaban J connectivity index is 1.51. The number of carbonyl (C=O) groups excluding carboxylic acids is 1. The zero-order valence-electron chi connectivity index (χ0n) is 18.3. The Morgan fingerprint density at radius 2 is 1.76 bits per heavy atom. The molecule has 0 bridgehead atoms. The number of rotatable bonds is 8. The number of hydrogen-bond acceptors (Lipinski definition) is 4. The highest BCUT2D eigenvalue weighted by atomic mass is 35.5. The smallest absolute Gasteiger partial charge is 0.261 e. The first-order valence-corrected chi connectivity index (χ1v) is 12.5. The lowest BCUT2D eigenvalue weighted by atomic mass is 10.1. The van der Waals surface area contributed by atoms with Crippen LogP contribution >= 0.6 is 11.6 Å². The minimum atomic E-state index is -3.94. The second-order valence-corrected chi connectivity index (χ2v) is 9.69. The van der Waals surface area contributed by atoms with Crippen molar-refractivity contribution in [3.63, 3.8) is 0 Å². The number of halogens is 1. The number of benzene rings is 3. The summed E-state index contributed by atoms with van der Waals surface area (Å²) in [7, 11) is -3.94. The number of aromatic nitrogens is 2. The van der Waals surface area contributed by atoms with E-state index in [2.05, 4.69) is 20.0 Å². The number of hydrogen-bond donors (Lipinski definition) is 3. The zero-order chi connectivity index (χ0) is 24.1. The average Bonchev–Trinajstić information content (AvgIpc) is 3.34. The molecule has 4 aromatic rings. The Bertz CT molecular complexity index is 1400. The maximum Gasteiger partial charge on any atom is 0.261 e. The fraction of sp³-hybridized carbons (Fsp3) is 0.120. The summed E-state index contributed by atoms with van der Waals surface area (Å²) in [5.41, 5.74) is 2.32. The summed E-state index contributed by atoms with van der Waals surface area (Å²) in [6, 6.07) is 21.8. The molecule has 0 saturated carbocycles. The molecule has 34 heavy (non-hydrogen) atoms. The van der Waals surface area contributed by atoms with E-state index >= 15 is 0 Å². The van der Waals surface area contributed by atoms with Crippen molar-refractivity contribution in [1.29, 1.82) is 0 Å². The predicted octanol–water partition coefficient (Wildman–Crippen LogP) is 5.41. The number of H-pyrrole nitrogens is 1. The Kier molecular flexibility index (Phi) is 7.00. The van der Waals surface area contributed by atoms with Gasteiger partial charge in [0.2, 0.25) is 0 Å². The van der Waals surface area contributed by atoms with Gasteiger partial charge in [-0.15, -0.1) is 0 Å². The number of carbonyl (C=O) groups is 1. The van der Waals surface area contributed by atoms with E-state index in [0.29, 0.717) is 12.2 Å². The van der Waals surface area contributed by atoms with E-state index in [4.69, 9.17) is 11.6 Å². The molecule has 174 valence electrons. The van der Waals surface area contributed by atoms with Gasteiger partial charge >= 0.3 is 0 Å². The van der Waals surface area contributed by atoms with Crippen LogP contribution < -0.4 is 10.0 Å². The van der Waals surface area contributed by atoms with Crippen LogP contribution in [0, 0.1) is 0 Å². The second kappa shape index (κ2) is 10.1. The Morgan fingerprint density at radius 3 is 2.50 bits per heavy atom. The minimum absolute atomic E-state index is 0.0440. The van der Waals surface area contributed by atoms with E-state index in [1.807, 2.05) is 37.3 Å². The van der Waals surface area contributed by atoms with Crippen LogP contribution in [0.2, 0.25) is 5.02 Å². The Morgan fingerprint density at radius 1 is 1.03 bits per heavy atom. The molecule has 0 spiro atoms. The van der Waals surface area contributed by atoms with Gasteiger partial charge in [0.15, 0.2) is 0 Å². The van der Waals surface area contributed by atoms with Gasteiger partial charge in [-0.25, -0.2) is 13.4 Å². The Labute approximate surface area is 203 Å². The van der Waals surface area contributed by atoms with Crippen molar-refractivity contribution in [2.75, 3.05) is 4.72 Å². The van der Waals surface area contributed by atoms with Gasteiger partial charge in [-0.3, -0.25) is 9.52 Å². The number of para-hydroxylation sites is 1. The number of anilines is 1. The van der Waals surface area contributed by atoms with Crippen LogP contribution in [0.25, 0.3) is 11.3 Å². The summed E-state index contributed by atoms with van der Waals surface area (Å²) in [4.78, 5) is 20.6. The molecule has 0 aliphatic rings. The molecule has 1 atom stereocenters. The third-order valence-corrected chi connectivity index (χ3v) is 6.94. The number of aromatic amines is 1. The van der Waals surface area contributed by atoms with Crippen LogP contribution in [-0.4, -0.2) is 24.3 Å². The van der Waals surface area contributed by atoms with Crippen LogP contribution in [0.15, 0.2) is 90.0 Å². The van der Waals surface area contributed by atoms with Gasteiger partial charge in [-0.1, -0.05) is 67.1 Å². The van der Waals surface area contributed by atoms with Crippen molar-refractivity contribution in [2.24, 2.45) is 0 Å². The largest absolute Gasteiger partial charge is 0.342 e. The molecule has 1 amide bonds. The van der Waals surface area contributed by atoms with Gasteiger partial charge in [0, 0.05) is 5.56 Å². The molecule has 0 aliphatic heterocycles. The molecule has 0 aliphatic carbocycles. The van der Waals surface area contributed by atoms with Crippen LogP contribution in [0.4, 0.5) is 5.69 Å². The summed E-state index contributed by atoms with van der Waals surface area (Å²) in [6.07, 6.45) is 2.33. The minimum Gasteiger partial charge on any atom is -0.342 e. The number of amides is 1. The molecule has 4 rings (SSSR count). The summed E-state index contributed by atoms with van der Waals surface area (Å²) in [5.74, 6) is 0.221. The predicted molar refractivity (Wildman–Crippen MR) is 133 cm³/mol. The van der Waals surface area contributed by atoms with E-state index < -0.39 is 15.9 Å². The molecule has 7 nitrogen and oxygen atoms in total. The normalized spacial score (nSPS) is 12.2. The first kappa shape index (κ1) is 23.5. The Hall–Kier alpha value is -3.62. The van der Waals surface area contributed by atoms with E-state index in [1.165, 1.54) is 18.2 Å². The SMILES string of the molecule is CCC(NC(=O)c1cccc(S(=O)(=O)Nc2ccccc2Cl)c1)c1ncc(-c2ccccc2)[nH]1. The fourth-order valence-electron chi connectivity index (χ4n) is 3.44. The quantitative estimate of drug-likeness (QED) is 0.304. The van der Waals surface area contributed by atoms with Gasteiger partial charge in [-0.05, 0) is 42.3 Å². The monoisotopic (exact) mass is 494 g/mol. The van der Waals surface area contributed by atoms with E-state index in [1.54, 1.807) is 36.5 Å². The van der Waals surface area contributed by atoms with E-state index in [9.17, 15) is 13.2 Å². The van der Waals surface area contributed by atoms with Crippen LogP contribution in [0.1, 0.15) is 35.6 Å². The molecule has 1 unspecified atom stereocenters. The number of nitrogens with zero attached hydrogens (tertiary/aromatic N) is 1. The molecule has 1 aromatic heterocycles. The molecular formula is C25H23ClN4O3S. The second-order valence-electron chi connectivity index (χ2n) is 7.60. The number of sulfonamides is 1. The summed E-state index contributed by atoms with van der Waals surface area (Å²) in [5, 5.41) is 3.21. The van der Waals surface area contributed by atoms with E-state index in [0.717, 1.165) is 11.3 Å². The fourth-order valence-corrected chi connectivity index (χ4v) is 4.80. The number of nitrogens with one attached hydrogen (secondary N) is 3. The lowest BCUT2D eigenvalue weighted by Gasteiger charge is -2.15. The van der Waals surface area contributed by atoms with Gasteiger partial charge in [0.25, 0.3) is 15.9 Å². The first-order valence-electron chi connectivity index (χ1n) is 10.7. The van der Waals surface area contributed by atoms with Crippen LogP contribution in [0.5, 0.6) is 0 Å². The molecule has 1 heterocycles.